The number of nitrogens with one attached hydrogen (secondary N) is 1. The Hall–Kier alpha value is -0.0800. The minimum atomic E-state index is 0.673. The maximum atomic E-state index is 3.64. The second-order valence-electron chi connectivity index (χ2n) is 6.39. The summed E-state index contributed by atoms with van der Waals surface area (Å²) in [5.41, 5.74) is 0. The Morgan fingerprint density at radius 2 is 1.59 bits per heavy atom. The maximum absolute atomic E-state index is 3.64. The van der Waals surface area contributed by atoms with Crippen LogP contribution in [0.1, 0.15) is 59.3 Å². The number of rotatable bonds is 3. The molecule has 17 heavy (non-hydrogen) atoms. The van der Waals surface area contributed by atoms with Gasteiger partial charge in [-0.15, -0.1) is 0 Å². The van der Waals surface area contributed by atoms with Gasteiger partial charge in [-0.05, 0) is 45.4 Å². The van der Waals surface area contributed by atoms with Crippen LogP contribution in [0.3, 0.4) is 0 Å². The van der Waals surface area contributed by atoms with Crippen molar-refractivity contribution in [2.75, 3.05) is 13.1 Å². The van der Waals surface area contributed by atoms with E-state index in [4.69, 9.17) is 0 Å². The standard InChI is InChI=1S/C15H30N2/c1-4-5-14-6-8-15(9-7-14)17-10-12(2)16-13(3)11-17/h12-16H,4-11H2,1-3H3. The first-order valence-corrected chi connectivity index (χ1v) is 7.69. The van der Waals surface area contributed by atoms with Crippen molar-refractivity contribution in [3.8, 4) is 0 Å². The molecule has 2 aliphatic rings. The molecule has 2 atom stereocenters. The Morgan fingerprint density at radius 1 is 1.00 bits per heavy atom. The van der Waals surface area contributed by atoms with Gasteiger partial charge in [0, 0.05) is 31.2 Å². The summed E-state index contributed by atoms with van der Waals surface area (Å²) in [4.78, 5) is 2.76. The summed E-state index contributed by atoms with van der Waals surface area (Å²) in [6, 6.07) is 2.23. The van der Waals surface area contributed by atoms with Crippen LogP contribution in [0.2, 0.25) is 0 Å². The average molecular weight is 238 g/mol. The highest BCUT2D eigenvalue weighted by atomic mass is 15.2. The smallest absolute Gasteiger partial charge is 0.0169 e. The van der Waals surface area contributed by atoms with E-state index in [0.717, 1.165) is 12.0 Å². The van der Waals surface area contributed by atoms with Crippen molar-refractivity contribution >= 4 is 0 Å². The third-order valence-electron chi connectivity index (χ3n) is 4.62. The molecule has 0 aromatic carbocycles. The van der Waals surface area contributed by atoms with Crippen LogP contribution < -0.4 is 5.32 Å². The molecule has 100 valence electrons. The first-order valence-electron chi connectivity index (χ1n) is 7.69. The van der Waals surface area contributed by atoms with Crippen LogP contribution in [0.15, 0.2) is 0 Å². The third-order valence-corrected chi connectivity index (χ3v) is 4.62. The molecule has 1 N–H and O–H groups in total. The largest absolute Gasteiger partial charge is 0.309 e. The lowest BCUT2D eigenvalue weighted by atomic mass is 9.82. The number of hydrogen-bond acceptors (Lipinski definition) is 2. The molecule has 0 spiro atoms. The Kier molecular flexibility index (Phi) is 4.87. The minimum Gasteiger partial charge on any atom is -0.309 e. The van der Waals surface area contributed by atoms with Gasteiger partial charge in [0.15, 0.2) is 0 Å². The minimum absolute atomic E-state index is 0.673. The van der Waals surface area contributed by atoms with Crippen molar-refractivity contribution in [3.63, 3.8) is 0 Å². The fraction of sp³-hybridized carbons (Fsp3) is 1.00. The highest BCUT2D eigenvalue weighted by Crippen LogP contribution is 2.31. The molecule has 2 rings (SSSR count). The summed E-state index contributed by atoms with van der Waals surface area (Å²) >= 11 is 0. The van der Waals surface area contributed by atoms with Gasteiger partial charge in [-0.2, -0.15) is 0 Å². The van der Waals surface area contributed by atoms with Crippen LogP contribution >= 0.6 is 0 Å². The lowest BCUT2D eigenvalue weighted by Gasteiger charge is -2.43. The van der Waals surface area contributed by atoms with E-state index in [1.165, 1.54) is 51.6 Å². The lowest BCUT2D eigenvalue weighted by molar-refractivity contribution is 0.0860. The van der Waals surface area contributed by atoms with Gasteiger partial charge in [-0.25, -0.2) is 0 Å². The van der Waals surface area contributed by atoms with E-state index in [2.05, 4.69) is 31.0 Å². The van der Waals surface area contributed by atoms with Crippen LogP contribution in [-0.4, -0.2) is 36.1 Å². The first kappa shape index (κ1) is 13.4. The zero-order chi connectivity index (χ0) is 12.3. The fourth-order valence-corrected chi connectivity index (χ4v) is 3.87. The molecule has 2 nitrogen and oxygen atoms in total. The van der Waals surface area contributed by atoms with E-state index in [9.17, 15) is 0 Å². The lowest BCUT2D eigenvalue weighted by Crippen LogP contribution is -2.57. The molecule has 1 aliphatic heterocycles. The molecule has 0 aromatic heterocycles. The van der Waals surface area contributed by atoms with Gasteiger partial charge in [0.2, 0.25) is 0 Å². The molecular weight excluding hydrogens is 208 g/mol. The summed E-state index contributed by atoms with van der Waals surface area (Å²) in [5.74, 6) is 1.04. The SMILES string of the molecule is CCCC1CCC(N2CC(C)NC(C)C2)CC1. The van der Waals surface area contributed by atoms with E-state index in [0.29, 0.717) is 12.1 Å². The van der Waals surface area contributed by atoms with Crippen molar-refractivity contribution in [2.24, 2.45) is 5.92 Å². The van der Waals surface area contributed by atoms with Crippen LogP contribution in [0.5, 0.6) is 0 Å². The fourth-order valence-electron chi connectivity index (χ4n) is 3.87. The topological polar surface area (TPSA) is 15.3 Å². The van der Waals surface area contributed by atoms with E-state index in [-0.39, 0.29) is 0 Å². The maximum Gasteiger partial charge on any atom is 0.0169 e. The molecule has 2 fully saturated rings. The zero-order valence-electron chi connectivity index (χ0n) is 11.9. The Morgan fingerprint density at radius 3 is 2.12 bits per heavy atom. The Labute approximate surface area is 107 Å². The monoisotopic (exact) mass is 238 g/mol. The van der Waals surface area contributed by atoms with Gasteiger partial charge in [0.1, 0.15) is 0 Å². The van der Waals surface area contributed by atoms with Gasteiger partial charge in [0.05, 0.1) is 0 Å². The molecule has 1 saturated carbocycles. The van der Waals surface area contributed by atoms with E-state index in [1.807, 2.05) is 0 Å². The molecule has 0 amide bonds. The van der Waals surface area contributed by atoms with Crippen molar-refractivity contribution in [3.05, 3.63) is 0 Å². The normalized spacial score (nSPS) is 40.4. The number of hydrogen-bond donors (Lipinski definition) is 1. The second kappa shape index (κ2) is 6.19. The summed E-state index contributed by atoms with van der Waals surface area (Å²) in [5, 5.41) is 3.64. The van der Waals surface area contributed by atoms with Crippen molar-refractivity contribution in [1.29, 1.82) is 0 Å². The van der Waals surface area contributed by atoms with E-state index >= 15 is 0 Å². The predicted molar refractivity (Wildman–Crippen MR) is 74.3 cm³/mol. The van der Waals surface area contributed by atoms with E-state index in [1.54, 1.807) is 0 Å². The quantitative estimate of drug-likeness (QED) is 0.813. The average Bonchev–Trinajstić information content (AvgIpc) is 2.29. The highest BCUT2D eigenvalue weighted by Gasteiger charge is 2.29. The Balaban J connectivity index is 1.79. The van der Waals surface area contributed by atoms with E-state index < -0.39 is 0 Å². The zero-order valence-corrected chi connectivity index (χ0v) is 11.9. The predicted octanol–water partition coefficient (Wildman–Crippen LogP) is 3.03. The summed E-state index contributed by atoms with van der Waals surface area (Å²) in [7, 11) is 0. The van der Waals surface area contributed by atoms with Crippen molar-refractivity contribution in [1.82, 2.24) is 10.2 Å². The molecule has 0 aromatic rings. The molecule has 2 heteroatoms. The van der Waals surface area contributed by atoms with Gasteiger partial charge < -0.3 is 5.32 Å². The molecule has 1 heterocycles. The van der Waals surface area contributed by atoms with Crippen LogP contribution in [0, 0.1) is 5.92 Å². The van der Waals surface area contributed by atoms with Crippen LogP contribution in [-0.2, 0) is 0 Å². The third kappa shape index (κ3) is 3.69. The van der Waals surface area contributed by atoms with Crippen molar-refractivity contribution < 1.29 is 0 Å². The number of piperazine rings is 1. The summed E-state index contributed by atoms with van der Waals surface area (Å²) in [6.07, 6.45) is 8.68. The molecular formula is C15H30N2. The molecule has 0 bridgehead atoms. The molecule has 1 aliphatic carbocycles. The molecule has 0 radical (unpaired) electrons. The Bertz CT molecular complexity index is 211. The first-order chi connectivity index (χ1) is 8.19. The van der Waals surface area contributed by atoms with Gasteiger partial charge in [0.25, 0.3) is 0 Å². The van der Waals surface area contributed by atoms with Gasteiger partial charge in [-0.3, -0.25) is 4.90 Å². The van der Waals surface area contributed by atoms with Crippen LogP contribution in [0.4, 0.5) is 0 Å². The number of nitrogens with zero attached hydrogens (tertiary/aromatic N) is 1. The summed E-state index contributed by atoms with van der Waals surface area (Å²) in [6.45, 7) is 9.49. The van der Waals surface area contributed by atoms with Crippen molar-refractivity contribution in [2.45, 2.75) is 77.4 Å². The molecule has 1 saturated heterocycles. The van der Waals surface area contributed by atoms with Crippen LogP contribution in [0.25, 0.3) is 0 Å². The summed E-state index contributed by atoms with van der Waals surface area (Å²) < 4.78 is 0. The van der Waals surface area contributed by atoms with Gasteiger partial charge >= 0.3 is 0 Å². The highest BCUT2D eigenvalue weighted by molar-refractivity contribution is 4.87. The van der Waals surface area contributed by atoms with Gasteiger partial charge in [-0.1, -0.05) is 19.8 Å². The second-order valence-corrected chi connectivity index (χ2v) is 6.39. The molecule has 2 unspecified atom stereocenters.